The highest BCUT2D eigenvalue weighted by molar-refractivity contribution is 7.98. The molecule has 0 aliphatic rings. The third kappa shape index (κ3) is 3.43. The van der Waals surface area contributed by atoms with Gasteiger partial charge in [0.25, 0.3) is 0 Å². The maximum atomic E-state index is 5.74. The summed E-state index contributed by atoms with van der Waals surface area (Å²) >= 11 is 1.55. The molecule has 8 heteroatoms. The molecule has 0 saturated carbocycles. The quantitative estimate of drug-likeness (QED) is 0.608. The van der Waals surface area contributed by atoms with Gasteiger partial charge in [0.15, 0.2) is 5.16 Å². The first-order valence-corrected chi connectivity index (χ1v) is 8.75. The Labute approximate surface area is 144 Å². The average molecular weight is 345 g/mol. The number of methoxy groups -OCH3 is 1. The fourth-order valence-corrected chi connectivity index (χ4v) is 3.17. The first kappa shape index (κ1) is 16.5. The van der Waals surface area contributed by atoms with Crippen LogP contribution >= 0.6 is 11.8 Å². The molecule has 24 heavy (non-hydrogen) atoms. The molecule has 0 aliphatic carbocycles. The van der Waals surface area contributed by atoms with E-state index in [1.54, 1.807) is 18.9 Å². The summed E-state index contributed by atoms with van der Waals surface area (Å²) in [4.78, 5) is 0. The Morgan fingerprint density at radius 3 is 2.79 bits per heavy atom. The maximum Gasteiger partial charge on any atom is 0.247 e. The zero-order chi connectivity index (χ0) is 16.9. The van der Waals surface area contributed by atoms with E-state index in [9.17, 15) is 0 Å². The summed E-state index contributed by atoms with van der Waals surface area (Å²) in [6.07, 6.45) is 0.863. The van der Waals surface area contributed by atoms with Gasteiger partial charge >= 0.3 is 0 Å². The van der Waals surface area contributed by atoms with Crippen molar-refractivity contribution in [2.75, 3.05) is 7.11 Å². The minimum atomic E-state index is 0.482. The highest BCUT2D eigenvalue weighted by atomic mass is 32.2. The molecule has 0 saturated heterocycles. The number of aryl methyl sites for hydroxylation is 1. The number of rotatable bonds is 7. The normalized spacial score (nSPS) is 11.0. The summed E-state index contributed by atoms with van der Waals surface area (Å²) in [6, 6.07) is 7.54. The highest BCUT2D eigenvalue weighted by Gasteiger charge is 2.13. The van der Waals surface area contributed by atoms with Crippen LogP contribution < -0.4 is 4.74 Å². The molecule has 3 aromatic rings. The summed E-state index contributed by atoms with van der Waals surface area (Å²) in [7, 11) is 1.63. The predicted molar refractivity (Wildman–Crippen MR) is 90.9 cm³/mol. The number of hydrogen-bond donors (Lipinski definition) is 0. The molecule has 126 valence electrons. The molecule has 0 unspecified atom stereocenters. The Morgan fingerprint density at radius 1 is 1.17 bits per heavy atom. The lowest BCUT2D eigenvalue weighted by atomic mass is 10.2. The van der Waals surface area contributed by atoms with E-state index in [4.69, 9.17) is 9.15 Å². The number of hydrogen-bond acceptors (Lipinski definition) is 7. The minimum Gasteiger partial charge on any atom is -0.497 e. The Kier molecular flexibility index (Phi) is 5.14. The van der Waals surface area contributed by atoms with E-state index in [1.807, 2.05) is 24.3 Å². The van der Waals surface area contributed by atoms with Gasteiger partial charge < -0.3 is 13.7 Å². The van der Waals surface area contributed by atoms with E-state index >= 15 is 0 Å². The van der Waals surface area contributed by atoms with Crippen LogP contribution in [0.15, 0.2) is 33.8 Å². The lowest BCUT2D eigenvalue weighted by Crippen LogP contribution is -2.02. The van der Waals surface area contributed by atoms with Gasteiger partial charge in [0, 0.05) is 18.5 Å². The van der Waals surface area contributed by atoms with Gasteiger partial charge in [-0.2, -0.15) is 0 Å². The summed E-state index contributed by atoms with van der Waals surface area (Å²) in [6.45, 7) is 5.00. The number of thioether (sulfide) groups is 1. The molecular formula is C16H19N5O2S. The molecule has 0 bridgehead atoms. The van der Waals surface area contributed by atoms with Crippen molar-refractivity contribution in [3.63, 3.8) is 0 Å². The molecule has 3 rings (SSSR count). The van der Waals surface area contributed by atoms with Crippen molar-refractivity contribution in [2.45, 2.75) is 37.7 Å². The van der Waals surface area contributed by atoms with Gasteiger partial charge in [0.05, 0.1) is 12.9 Å². The SMILES string of the molecule is CCc1nnc(SCc2nnc(-c3cccc(OC)c3)o2)n1CC. The Hall–Kier alpha value is -2.35. The second-order valence-electron chi connectivity index (χ2n) is 5.02. The van der Waals surface area contributed by atoms with Crippen molar-refractivity contribution in [3.8, 4) is 17.2 Å². The monoisotopic (exact) mass is 345 g/mol. The predicted octanol–water partition coefficient (Wildman–Crippen LogP) is 3.21. The average Bonchev–Trinajstić information content (AvgIpc) is 3.26. The molecule has 0 fully saturated rings. The van der Waals surface area contributed by atoms with Crippen molar-refractivity contribution in [3.05, 3.63) is 36.0 Å². The third-order valence-electron chi connectivity index (χ3n) is 3.53. The first-order valence-electron chi connectivity index (χ1n) is 7.76. The van der Waals surface area contributed by atoms with Crippen LogP contribution in [0.3, 0.4) is 0 Å². The fourth-order valence-electron chi connectivity index (χ4n) is 2.32. The van der Waals surface area contributed by atoms with Crippen molar-refractivity contribution in [1.29, 1.82) is 0 Å². The van der Waals surface area contributed by atoms with Gasteiger partial charge in [-0.15, -0.1) is 20.4 Å². The molecule has 2 heterocycles. The van der Waals surface area contributed by atoms with Crippen LogP contribution in [0.2, 0.25) is 0 Å². The Balaban J connectivity index is 1.71. The maximum absolute atomic E-state index is 5.74. The second kappa shape index (κ2) is 7.48. The molecule has 0 N–H and O–H groups in total. The standard InChI is InChI=1S/C16H19N5O2S/c1-4-13-17-20-16(21(13)5-2)24-10-14-18-19-15(23-14)11-7-6-8-12(9-11)22-3/h6-9H,4-5,10H2,1-3H3. The zero-order valence-corrected chi connectivity index (χ0v) is 14.7. The highest BCUT2D eigenvalue weighted by Crippen LogP contribution is 2.26. The molecule has 0 aliphatic heterocycles. The topological polar surface area (TPSA) is 78.9 Å². The van der Waals surface area contributed by atoms with E-state index in [2.05, 4.69) is 38.8 Å². The van der Waals surface area contributed by atoms with Crippen LogP contribution in [0.5, 0.6) is 5.75 Å². The molecule has 0 radical (unpaired) electrons. The van der Waals surface area contributed by atoms with E-state index < -0.39 is 0 Å². The van der Waals surface area contributed by atoms with Gasteiger partial charge in [-0.1, -0.05) is 24.8 Å². The van der Waals surface area contributed by atoms with Crippen molar-refractivity contribution < 1.29 is 9.15 Å². The molecule has 1 aromatic carbocycles. The number of nitrogens with zero attached hydrogens (tertiary/aromatic N) is 5. The van der Waals surface area contributed by atoms with Gasteiger partial charge in [0.1, 0.15) is 11.6 Å². The lowest BCUT2D eigenvalue weighted by Gasteiger charge is -2.04. The van der Waals surface area contributed by atoms with Gasteiger partial charge in [-0.3, -0.25) is 0 Å². The lowest BCUT2D eigenvalue weighted by molar-refractivity contribution is 0.414. The summed E-state index contributed by atoms with van der Waals surface area (Å²) in [5.41, 5.74) is 0.836. The first-order chi connectivity index (χ1) is 11.7. The molecule has 0 atom stereocenters. The largest absolute Gasteiger partial charge is 0.497 e. The van der Waals surface area contributed by atoms with E-state index in [-0.39, 0.29) is 0 Å². The Bertz CT molecular complexity index is 814. The molecular weight excluding hydrogens is 326 g/mol. The van der Waals surface area contributed by atoms with Crippen molar-refractivity contribution in [1.82, 2.24) is 25.0 Å². The summed E-state index contributed by atoms with van der Waals surface area (Å²) in [5.74, 6) is 3.34. The minimum absolute atomic E-state index is 0.482. The van der Waals surface area contributed by atoms with Crippen molar-refractivity contribution >= 4 is 11.8 Å². The number of aromatic nitrogens is 5. The van der Waals surface area contributed by atoms with Crippen LogP contribution in [0.1, 0.15) is 25.6 Å². The summed E-state index contributed by atoms with van der Waals surface area (Å²) in [5, 5.41) is 17.5. The van der Waals surface area contributed by atoms with Gasteiger partial charge in [-0.05, 0) is 25.1 Å². The summed E-state index contributed by atoms with van der Waals surface area (Å²) < 4.78 is 13.1. The molecule has 0 spiro atoms. The Morgan fingerprint density at radius 2 is 2.04 bits per heavy atom. The van der Waals surface area contributed by atoms with Crippen molar-refractivity contribution in [2.24, 2.45) is 0 Å². The van der Waals surface area contributed by atoms with Gasteiger partial charge in [0.2, 0.25) is 11.8 Å². The van der Waals surface area contributed by atoms with E-state index in [1.165, 1.54) is 0 Å². The number of ether oxygens (including phenoxy) is 1. The molecule has 2 aromatic heterocycles. The van der Waals surface area contributed by atoms with E-state index in [0.29, 0.717) is 17.5 Å². The zero-order valence-electron chi connectivity index (χ0n) is 13.9. The van der Waals surface area contributed by atoms with Crippen LogP contribution in [0, 0.1) is 0 Å². The third-order valence-corrected chi connectivity index (χ3v) is 4.49. The fraction of sp³-hybridized carbons (Fsp3) is 0.375. The second-order valence-corrected chi connectivity index (χ2v) is 5.96. The van der Waals surface area contributed by atoms with Crippen LogP contribution in [0.25, 0.3) is 11.5 Å². The van der Waals surface area contributed by atoms with Crippen LogP contribution in [-0.4, -0.2) is 32.1 Å². The van der Waals surface area contributed by atoms with E-state index in [0.717, 1.165) is 35.3 Å². The smallest absolute Gasteiger partial charge is 0.247 e. The molecule has 7 nitrogen and oxygen atoms in total. The molecule has 0 amide bonds. The van der Waals surface area contributed by atoms with Crippen LogP contribution in [-0.2, 0) is 18.7 Å². The van der Waals surface area contributed by atoms with Crippen LogP contribution in [0.4, 0.5) is 0 Å². The number of benzene rings is 1. The van der Waals surface area contributed by atoms with Gasteiger partial charge in [-0.25, -0.2) is 0 Å².